The zero-order chi connectivity index (χ0) is 9.30. The quantitative estimate of drug-likeness (QED) is 0.681. The van der Waals surface area contributed by atoms with Gasteiger partial charge in [-0.2, -0.15) is 0 Å². The third-order valence-corrected chi connectivity index (χ3v) is 2.03. The van der Waals surface area contributed by atoms with Gasteiger partial charge in [0.15, 0.2) is 0 Å². The van der Waals surface area contributed by atoms with Crippen molar-refractivity contribution in [3.05, 3.63) is 28.8 Å². The minimum absolute atomic E-state index is 0.0573. The number of benzene rings is 1. The molecule has 0 fully saturated rings. The first-order chi connectivity index (χ1) is 5.52. The normalized spacial score (nSPS) is 9.92. The maximum absolute atomic E-state index is 10.7. The third kappa shape index (κ3) is 1.59. The minimum atomic E-state index is -0.629. The molecule has 1 aromatic rings. The highest BCUT2D eigenvalue weighted by atomic mass is 35.5. The molecule has 1 aromatic carbocycles. The molecule has 0 aromatic heterocycles. The molecule has 0 aliphatic rings. The predicted octanol–water partition coefficient (Wildman–Crippen LogP) is 2.39. The first-order valence-electron chi connectivity index (χ1n) is 3.52. The van der Waals surface area contributed by atoms with Crippen LogP contribution in [0.3, 0.4) is 0 Å². The molecule has 0 aliphatic heterocycles. The van der Waals surface area contributed by atoms with E-state index in [1.165, 1.54) is 6.07 Å². The maximum atomic E-state index is 10.7. The molecule has 0 bridgehead atoms. The lowest BCUT2D eigenvalue weighted by Gasteiger charge is -2.03. The lowest BCUT2D eigenvalue weighted by molar-refractivity contribution is 0.107. The van der Waals surface area contributed by atoms with Crippen molar-refractivity contribution >= 4 is 16.8 Å². The molecule has 0 atom stereocenters. The highest BCUT2D eigenvalue weighted by Gasteiger charge is 2.09. The Labute approximate surface area is 75.8 Å². The molecule has 0 aliphatic carbocycles. The van der Waals surface area contributed by atoms with E-state index in [-0.39, 0.29) is 11.3 Å². The van der Waals surface area contributed by atoms with Crippen molar-refractivity contribution in [3.8, 4) is 5.75 Å². The number of halogens is 1. The Hall–Kier alpha value is -1.02. The topological polar surface area (TPSA) is 37.3 Å². The summed E-state index contributed by atoms with van der Waals surface area (Å²) in [5, 5.41) is 8.65. The second-order valence-electron chi connectivity index (χ2n) is 2.73. The van der Waals surface area contributed by atoms with Crippen LogP contribution in [0.15, 0.2) is 12.1 Å². The van der Waals surface area contributed by atoms with E-state index < -0.39 is 5.24 Å². The molecule has 0 unspecified atom stereocenters. The van der Waals surface area contributed by atoms with Gasteiger partial charge in [0.05, 0.1) is 5.56 Å². The Morgan fingerprint density at radius 1 is 1.33 bits per heavy atom. The summed E-state index contributed by atoms with van der Waals surface area (Å²) in [5.41, 5.74) is 2.05. The van der Waals surface area contributed by atoms with E-state index in [4.69, 9.17) is 11.6 Å². The molecule has 0 saturated carbocycles. The lowest BCUT2D eigenvalue weighted by atomic mass is 10.1. The van der Waals surface area contributed by atoms with Crippen molar-refractivity contribution in [1.29, 1.82) is 0 Å². The summed E-state index contributed by atoms with van der Waals surface area (Å²) >= 11 is 5.23. The number of aromatic hydroxyl groups is 1. The van der Waals surface area contributed by atoms with Gasteiger partial charge in [0.25, 0.3) is 5.24 Å². The summed E-state index contributed by atoms with van der Waals surface area (Å²) in [6.07, 6.45) is 0. The molecule has 0 radical (unpaired) electrons. The van der Waals surface area contributed by atoms with E-state index >= 15 is 0 Å². The summed E-state index contributed by atoms with van der Waals surface area (Å²) in [5.74, 6) is -0.0573. The molecule has 0 heterocycles. The maximum Gasteiger partial charge on any atom is 0.256 e. The van der Waals surface area contributed by atoms with Crippen LogP contribution in [-0.2, 0) is 0 Å². The van der Waals surface area contributed by atoms with Crippen LogP contribution in [0.2, 0.25) is 0 Å². The van der Waals surface area contributed by atoms with Crippen molar-refractivity contribution in [2.75, 3.05) is 0 Å². The fourth-order valence-corrected chi connectivity index (χ4v) is 1.11. The van der Waals surface area contributed by atoms with Gasteiger partial charge in [0, 0.05) is 0 Å². The molecule has 2 nitrogen and oxygen atoms in total. The smallest absolute Gasteiger partial charge is 0.256 e. The summed E-state index contributed by atoms with van der Waals surface area (Å²) in [7, 11) is 0. The summed E-state index contributed by atoms with van der Waals surface area (Å²) in [6, 6.07) is 3.12. The number of carbonyl (C=O) groups is 1. The van der Waals surface area contributed by atoms with Crippen molar-refractivity contribution in [1.82, 2.24) is 0 Å². The SMILES string of the molecule is Cc1cc(O)c(C(=O)Cl)cc1C. The van der Waals surface area contributed by atoms with Crippen molar-refractivity contribution in [2.24, 2.45) is 0 Å². The molecule has 0 spiro atoms. The number of phenolic OH excluding ortho intramolecular Hbond substituents is 1. The Kier molecular flexibility index (Phi) is 2.38. The van der Waals surface area contributed by atoms with E-state index in [0.29, 0.717) is 0 Å². The molecule has 12 heavy (non-hydrogen) atoms. The van der Waals surface area contributed by atoms with E-state index in [9.17, 15) is 9.90 Å². The Morgan fingerprint density at radius 2 is 1.83 bits per heavy atom. The van der Waals surface area contributed by atoms with Crippen LogP contribution >= 0.6 is 11.6 Å². The molecule has 0 amide bonds. The van der Waals surface area contributed by atoms with Gasteiger partial charge in [0.2, 0.25) is 0 Å². The highest BCUT2D eigenvalue weighted by Crippen LogP contribution is 2.22. The number of phenols is 1. The number of hydrogen-bond donors (Lipinski definition) is 1. The van der Waals surface area contributed by atoms with Gasteiger partial charge in [-0.3, -0.25) is 4.79 Å². The molecule has 64 valence electrons. The fraction of sp³-hybridized carbons (Fsp3) is 0.222. The van der Waals surface area contributed by atoms with Gasteiger partial charge in [-0.1, -0.05) is 0 Å². The van der Waals surface area contributed by atoms with Crippen LogP contribution < -0.4 is 0 Å². The van der Waals surface area contributed by atoms with Crippen LogP contribution in [0.5, 0.6) is 5.75 Å². The van der Waals surface area contributed by atoms with Gasteiger partial charge >= 0.3 is 0 Å². The first-order valence-corrected chi connectivity index (χ1v) is 3.90. The summed E-state index contributed by atoms with van der Waals surface area (Å²) in [6.45, 7) is 3.72. The monoisotopic (exact) mass is 184 g/mol. The third-order valence-electron chi connectivity index (χ3n) is 1.82. The van der Waals surface area contributed by atoms with Crippen LogP contribution in [0.4, 0.5) is 0 Å². The number of aryl methyl sites for hydroxylation is 2. The molecular formula is C9H9ClO2. The van der Waals surface area contributed by atoms with Gasteiger partial charge in [0.1, 0.15) is 5.75 Å². The van der Waals surface area contributed by atoms with Crippen molar-refractivity contribution in [2.45, 2.75) is 13.8 Å². The first kappa shape index (κ1) is 9.07. The van der Waals surface area contributed by atoms with Gasteiger partial charge in [-0.15, -0.1) is 0 Å². The van der Waals surface area contributed by atoms with Crippen LogP contribution in [0.1, 0.15) is 21.5 Å². The van der Waals surface area contributed by atoms with Crippen molar-refractivity contribution in [3.63, 3.8) is 0 Å². The van der Waals surface area contributed by atoms with Crippen LogP contribution in [0.25, 0.3) is 0 Å². The molecule has 0 saturated heterocycles. The molecular weight excluding hydrogens is 176 g/mol. The van der Waals surface area contributed by atoms with Gasteiger partial charge in [-0.25, -0.2) is 0 Å². The van der Waals surface area contributed by atoms with Gasteiger partial charge in [-0.05, 0) is 48.7 Å². The largest absolute Gasteiger partial charge is 0.507 e. The summed E-state index contributed by atoms with van der Waals surface area (Å²) in [4.78, 5) is 10.7. The lowest BCUT2D eigenvalue weighted by Crippen LogP contribution is -1.92. The Bertz CT molecular complexity index is 332. The molecule has 3 heteroatoms. The van der Waals surface area contributed by atoms with Gasteiger partial charge < -0.3 is 5.11 Å². The zero-order valence-corrected chi connectivity index (χ0v) is 7.64. The second-order valence-corrected chi connectivity index (χ2v) is 3.07. The van der Waals surface area contributed by atoms with Crippen LogP contribution in [-0.4, -0.2) is 10.3 Å². The fourth-order valence-electron chi connectivity index (χ4n) is 0.958. The predicted molar refractivity (Wildman–Crippen MR) is 47.8 cm³/mol. The highest BCUT2D eigenvalue weighted by molar-refractivity contribution is 6.68. The average molecular weight is 185 g/mol. The number of carbonyl (C=O) groups excluding carboxylic acids is 1. The number of rotatable bonds is 1. The zero-order valence-electron chi connectivity index (χ0n) is 6.89. The Balaban J connectivity index is 3.33. The van der Waals surface area contributed by atoms with E-state index in [0.717, 1.165) is 11.1 Å². The van der Waals surface area contributed by atoms with E-state index in [1.807, 2.05) is 13.8 Å². The van der Waals surface area contributed by atoms with Crippen molar-refractivity contribution < 1.29 is 9.90 Å². The Morgan fingerprint density at radius 3 is 2.33 bits per heavy atom. The molecule has 1 N–H and O–H groups in total. The molecule has 1 rings (SSSR count). The standard InChI is InChI=1S/C9H9ClO2/c1-5-3-7(9(10)12)8(11)4-6(5)2/h3-4,11H,1-2H3. The van der Waals surface area contributed by atoms with E-state index in [1.54, 1.807) is 6.07 Å². The minimum Gasteiger partial charge on any atom is -0.507 e. The second kappa shape index (κ2) is 3.15. The number of hydrogen-bond acceptors (Lipinski definition) is 2. The average Bonchev–Trinajstić information content (AvgIpc) is 1.96. The summed E-state index contributed by atoms with van der Waals surface area (Å²) < 4.78 is 0. The van der Waals surface area contributed by atoms with Crippen LogP contribution in [0, 0.1) is 13.8 Å². The van der Waals surface area contributed by atoms with E-state index in [2.05, 4.69) is 0 Å².